The van der Waals surface area contributed by atoms with Crippen LogP contribution in [0.25, 0.3) is 0 Å². The normalized spacial score (nSPS) is 22.1. The van der Waals surface area contributed by atoms with Crippen LogP contribution in [0, 0.1) is 0 Å². The molecule has 3 rings (SSSR count). The molecule has 2 aliphatic heterocycles. The van der Waals surface area contributed by atoms with Gasteiger partial charge in [-0.3, -0.25) is 0 Å². The highest BCUT2D eigenvalue weighted by molar-refractivity contribution is 8.00. The maximum Gasteiger partial charge on any atom is 0.146 e. The third-order valence-electron chi connectivity index (χ3n) is 3.77. The van der Waals surface area contributed by atoms with Gasteiger partial charge in [0.1, 0.15) is 11.6 Å². The first kappa shape index (κ1) is 14.1. The zero-order chi connectivity index (χ0) is 14.3. The summed E-state index contributed by atoms with van der Waals surface area (Å²) in [6.07, 6.45) is 0. The highest BCUT2D eigenvalue weighted by Crippen LogP contribution is 2.42. The molecule has 0 amide bonds. The minimum Gasteiger partial charge on any atom is -0.378 e. The molecule has 2 aliphatic rings. The first-order chi connectivity index (χ1) is 9.56. The molecule has 20 heavy (non-hydrogen) atoms. The Morgan fingerprint density at radius 2 is 2.00 bits per heavy atom. The lowest BCUT2D eigenvalue weighted by Gasteiger charge is -2.33. The van der Waals surface area contributed by atoms with E-state index in [4.69, 9.17) is 14.7 Å². The highest BCUT2D eigenvalue weighted by Gasteiger charge is 2.32. The van der Waals surface area contributed by atoms with Gasteiger partial charge in [-0.05, 0) is 5.92 Å². The molecule has 1 aromatic rings. The van der Waals surface area contributed by atoms with Crippen molar-refractivity contribution in [3.8, 4) is 0 Å². The standard InChI is InChI=1S/C15H23N3OS/c1-9(2)12-13-15(17-14(16-12)10(3)4)18-5-6-19-8-11(7-18)20-13/h9-11H,5-8H2,1-4H3. The van der Waals surface area contributed by atoms with Crippen LogP contribution in [0.3, 0.4) is 0 Å². The smallest absolute Gasteiger partial charge is 0.146 e. The minimum absolute atomic E-state index is 0.365. The summed E-state index contributed by atoms with van der Waals surface area (Å²) in [7, 11) is 0. The third kappa shape index (κ3) is 2.53. The van der Waals surface area contributed by atoms with Gasteiger partial charge < -0.3 is 9.64 Å². The van der Waals surface area contributed by atoms with Gasteiger partial charge in [0, 0.05) is 19.0 Å². The van der Waals surface area contributed by atoms with E-state index in [1.54, 1.807) is 0 Å². The topological polar surface area (TPSA) is 38.2 Å². The van der Waals surface area contributed by atoms with E-state index in [1.165, 1.54) is 10.6 Å². The molecule has 0 spiro atoms. The average molecular weight is 293 g/mol. The molecular weight excluding hydrogens is 270 g/mol. The lowest BCUT2D eigenvalue weighted by Crippen LogP contribution is -2.36. The number of rotatable bonds is 2. The van der Waals surface area contributed by atoms with Crippen molar-refractivity contribution in [1.29, 1.82) is 0 Å². The average Bonchev–Trinajstić information content (AvgIpc) is 2.60. The molecule has 0 aliphatic carbocycles. The number of fused-ring (bicyclic) bond motifs is 4. The fraction of sp³-hybridized carbons (Fsp3) is 0.733. The van der Waals surface area contributed by atoms with Crippen LogP contribution in [0.2, 0.25) is 0 Å². The largest absolute Gasteiger partial charge is 0.378 e. The van der Waals surface area contributed by atoms with E-state index in [-0.39, 0.29) is 0 Å². The molecule has 1 fully saturated rings. The monoisotopic (exact) mass is 293 g/mol. The van der Waals surface area contributed by atoms with Gasteiger partial charge in [0.15, 0.2) is 0 Å². The second-order valence-electron chi connectivity index (χ2n) is 6.19. The van der Waals surface area contributed by atoms with E-state index in [0.717, 1.165) is 37.9 Å². The Hall–Kier alpha value is -0.810. The second-order valence-corrected chi connectivity index (χ2v) is 7.50. The van der Waals surface area contributed by atoms with E-state index < -0.39 is 0 Å². The third-order valence-corrected chi connectivity index (χ3v) is 5.02. The number of ether oxygens (including phenoxy) is 1. The van der Waals surface area contributed by atoms with Gasteiger partial charge in [-0.2, -0.15) is 0 Å². The van der Waals surface area contributed by atoms with E-state index >= 15 is 0 Å². The molecule has 3 heterocycles. The van der Waals surface area contributed by atoms with Gasteiger partial charge >= 0.3 is 0 Å². The first-order valence-electron chi connectivity index (χ1n) is 7.47. The molecule has 1 atom stereocenters. The molecule has 5 heteroatoms. The van der Waals surface area contributed by atoms with Crippen molar-refractivity contribution in [2.45, 2.75) is 49.7 Å². The number of hydrogen-bond donors (Lipinski definition) is 0. The Labute approximate surface area is 125 Å². The highest BCUT2D eigenvalue weighted by atomic mass is 32.2. The Morgan fingerprint density at radius 1 is 1.20 bits per heavy atom. The quantitative estimate of drug-likeness (QED) is 0.838. The summed E-state index contributed by atoms with van der Waals surface area (Å²) in [6, 6.07) is 0. The Bertz CT molecular complexity index is 504. The van der Waals surface area contributed by atoms with Crippen molar-refractivity contribution >= 4 is 17.6 Å². The van der Waals surface area contributed by atoms with Crippen LogP contribution in [0.15, 0.2) is 4.90 Å². The minimum atomic E-state index is 0.365. The predicted octanol–water partition coefficient (Wildman–Crippen LogP) is 3.03. The van der Waals surface area contributed by atoms with Crippen LogP contribution in [-0.4, -0.2) is 41.5 Å². The van der Waals surface area contributed by atoms with Crippen LogP contribution < -0.4 is 4.90 Å². The van der Waals surface area contributed by atoms with Gasteiger partial charge in [-0.1, -0.05) is 27.7 Å². The van der Waals surface area contributed by atoms with Crippen molar-refractivity contribution in [1.82, 2.24) is 9.97 Å². The van der Waals surface area contributed by atoms with Crippen LogP contribution in [0.4, 0.5) is 5.82 Å². The van der Waals surface area contributed by atoms with Crippen molar-refractivity contribution in [3.05, 3.63) is 11.5 Å². The number of thioether (sulfide) groups is 1. The van der Waals surface area contributed by atoms with E-state index in [0.29, 0.717) is 17.1 Å². The van der Waals surface area contributed by atoms with Crippen molar-refractivity contribution in [2.75, 3.05) is 31.2 Å². The Balaban J connectivity index is 2.11. The molecule has 110 valence electrons. The Kier molecular flexibility index (Phi) is 3.91. The van der Waals surface area contributed by atoms with Crippen LogP contribution in [0.1, 0.15) is 51.0 Å². The number of aromatic nitrogens is 2. The number of hydrogen-bond acceptors (Lipinski definition) is 5. The molecule has 1 aromatic heterocycles. The summed E-state index contributed by atoms with van der Waals surface area (Å²) in [5.41, 5.74) is 1.21. The second kappa shape index (κ2) is 5.53. The molecule has 1 unspecified atom stereocenters. The first-order valence-corrected chi connectivity index (χ1v) is 8.35. The fourth-order valence-electron chi connectivity index (χ4n) is 2.66. The van der Waals surface area contributed by atoms with Gasteiger partial charge in [-0.25, -0.2) is 9.97 Å². The van der Waals surface area contributed by atoms with Gasteiger partial charge in [0.2, 0.25) is 0 Å². The molecule has 4 nitrogen and oxygen atoms in total. The number of nitrogens with zero attached hydrogens (tertiary/aromatic N) is 3. The van der Waals surface area contributed by atoms with Crippen LogP contribution in [0.5, 0.6) is 0 Å². The Morgan fingerprint density at radius 3 is 2.70 bits per heavy atom. The van der Waals surface area contributed by atoms with Crippen molar-refractivity contribution in [3.63, 3.8) is 0 Å². The van der Waals surface area contributed by atoms with Gasteiger partial charge in [0.05, 0.1) is 29.1 Å². The SMILES string of the molecule is CC(C)c1nc(C(C)C)c2c(n1)N1CCOCC(C1)S2. The van der Waals surface area contributed by atoms with Crippen LogP contribution >= 0.6 is 11.8 Å². The van der Waals surface area contributed by atoms with E-state index in [1.807, 2.05) is 11.8 Å². The predicted molar refractivity (Wildman–Crippen MR) is 82.9 cm³/mol. The van der Waals surface area contributed by atoms with E-state index in [2.05, 4.69) is 32.6 Å². The summed E-state index contributed by atoms with van der Waals surface area (Å²) in [5, 5.41) is 0.510. The zero-order valence-corrected chi connectivity index (χ0v) is 13.5. The van der Waals surface area contributed by atoms with E-state index in [9.17, 15) is 0 Å². The van der Waals surface area contributed by atoms with Crippen molar-refractivity contribution in [2.24, 2.45) is 0 Å². The number of anilines is 1. The van der Waals surface area contributed by atoms with Crippen LogP contribution in [-0.2, 0) is 4.74 Å². The fourth-order valence-corrected chi connectivity index (χ4v) is 4.09. The summed E-state index contributed by atoms with van der Waals surface area (Å²) < 4.78 is 5.71. The zero-order valence-electron chi connectivity index (χ0n) is 12.7. The molecule has 1 saturated heterocycles. The maximum atomic E-state index is 5.71. The summed E-state index contributed by atoms with van der Waals surface area (Å²) in [4.78, 5) is 13.4. The summed E-state index contributed by atoms with van der Waals surface area (Å²) in [6.45, 7) is 12.4. The summed E-state index contributed by atoms with van der Waals surface area (Å²) in [5.74, 6) is 2.90. The maximum absolute atomic E-state index is 5.71. The molecule has 0 aromatic carbocycles. The lowest BCUT2D eigenvalue weighted by molar-refractivity contribution is 0.155. The molecule has 0 saturated carbocycles. The van der Waals surface area contributed by atoms with Crippen molar-refractivity contribution < 1.29 is 4.74 Å². The molecule has 0 N–H and O–H groups in total. The molecule has 0 radical (unpaired) electrons. The molecular formula is C15H23N3OS. The lowest BCUT2D eigenvalue weighted by atomic mass is 10.1. The summed E-state index contributed by atoms with van der Waals surface area (Å²) >= 11 is 1.91. The van der Waals surface area contributed by atoms with Gasteiger partial charge in [-0.15, -0.1) is 11.8 Å². The molecule has 2 bridgehead atoms. The van der Waals surface area contributed by atoms with Gasteiger partial charge in [0.25, 0.3) is 0 Å².